The molecule has 5 nitrogen and oxygen atoms in total. The zero-order valence-electron chi connectivity index (χ0n) is 12.1. The molecule has 1 unspecified atom stereocenters. The maximum atomic E-state index is 11.9. The summed E-state index contributed by atoms with van der Waals surface area (Å²) < 4.78 is 40.3. The minimum Gasteiger partial charge on any atom is -0.394 e. The Hall–Kier alpha value is -1.80. The van der Waals surface area contributed by atoms with Gasteiger partial charge in [-0.1, -0.05) is 24.3 Å². The standard InChI is InChI=1S/C14H19F3N2O3/c1-10(7-20)19-13(21)18-6-11-2-4-12(5-3-11)8-22-9-14(15,16)17/h2-5,10,20H,6-9H2,1H3,(H2,18,19,21). The molecule has 0 aromatic heterocycles. The summed E-state index contributed by atoms with van der Waals surface area (Å²) in [6.45, 7) is 0.379. The lowest BCUT2D eigenvalue weighted by molar-refractivity contribution is -0.176. The smallest absolute Gasteiger partial charge is 0.394 e. The molecule has 0 bridgehead atoms. The number of ether oxygens (including phenoxy) is 1. The lowest BCUT2D eigenvalue weighted by Gasteiger charge is -2.12. The van der Waals surface area contributed by atoms with Crippen molar-refractivity contribution < 1.29 is 27.8 Å². The summed E-state index contributed by atoms with van der Waals surface area (Å²) in [7, 11) is 0. The van der Waals surface area contributed by atoms with Gasteiger partial charge in [-0.2, -0.15) is 13.2 Å². The highest BCUT2D eigenvalue weighted by Crippen LogP contribution is 2.15. The van der Waals surface area contributed by atoms with E-state index in [4.69, 9.17) is 5.11 Å². The van der Waals surface area contributed by atoms with E-state index in [-0.39, 0.29) is 25.8 Å². The van der Waals surface area contributed by atoms with E-state index >= 15 is 0 Å². The first-order chi connectivity index (χ1) is 10.3. The molecule has 0 saturated carbocycles. The highest BCUT2D eigenvalue weighted by Gasteiger charge is 2.27. The molecule has 0 heterocycles. The fraction of sp³-hybridized carbons (Fsp3) is 0.500. The molecular weight excluding hydrogens is 301 g/mol. The Kier molecular flexibility index (Phi) is 7.13. The molecule has 22 heavy (non-hydrogen) atoms. The second kappa shape index (κ2) is 8.60. The fourth-order valence-corrected chi connectivity index (χ4v) is 1.54. The van der Waals surface area contributed by atoms with Gasteiger partial charge >= 0.3 is 12.2 Å². The summed E-state index contributed by atoms with van der Waals surface area (Å²) in [5, 5.41) is 13.9. The third kappa shape index (κ3) is 7.84. The van der Waals surface area contributed by atoms with E-state index in [0.717, 1.165) is 5.56 Å². The van der Waals surface area contributed by atoms with Crippen molar-refractivity contribution in [2.45, 2.75) is 32.3 Å². The Bertz CT molecular complexity index is 463. The summed E-state index contributed by atoms with van der Waals surface area (Å²) >= 11 is 0. The van der Waals surface area contributed by atoms with Gasteiger partial charge in [0.1, 0.15) is 6.61 Å². The maximum absolute atomic E-state index is 11.9. The third-order valence-corrected chi connectivity index (χ3v) is 2.66. The Morgan fingerprint density at radius 2 is 1.86 bits per heavy atom. The van der Waals surface area contributed by atoms with Crippen LogP contribution in [0.1, 0.15) is 18.1 Å². The van der Waals surface area contributed by atoms with Gasteiger partial charge < -0.3 is 20.5 Å². The van der Waals surface area contributed by atoms with Gasteiger partial charge in [0.05, 0.1) is 19.3 Å². The van der Waals surface area contributed by atoms with Crippen molar-refractivity contribution in [1.29, 1.82) is 0 Å². The predicted molar refractivity (Wildman–Crippen MR) is 74.1 cm³/mol. The van der Waals surface area contributed by atoms with E-state index in [0.29, 0.717) is 5.56 Å². The van der Waals surface area contributed by atoms with Gasteiger partial charge in [0.2, 0.25) is 0 Å². The molecule has 1 atom stereocenters. The van der Waals surface area contributed by atoms with E-state index in [1.807, 2.05) is 0 Å². The van der Waals surface area contributed by atoms with Crippen molar-refractivity contribution in [3.05, 3.63) is 35.4 Å². The van der Waals surface area contributed by atoms with Crippen LogP contribution in [0.5, 0.6) is 0 Å². The van der Waals surface area contributed by atoms with Crippen LogP contribution in [0.2, 0.25) is 0 Å². The largest absolute Gasteiger partial charge is 0.411 e. The van der Waals surface area contributed by atoms with Crippen LogP contribution >= 0.6 is 0 Å². The van der Waals surface area contributed by atoms with Gasteiger partial charge in [-0.3, -0.25) is 0 Å². The second-order valence-corrected chi connectivity index (χ2v) is 4.84. The Balaban J connectivity index is 2.34. The minimum atomic E-state index is -4.33. The number of carbonyl (C=O) groups excluding carboxylic acids is 1. The lowest BCUT2D eigenvalue weighted by Crippen LogP contribution is -2.41. The molecule has 0 aliphatic carbocycles. The molecule has 0 saturated heterocycles. The summed E-state index contributed by atoms with van der Waals surface area (Å²) in [6.07, 6.45) is -4.33. The van der Waals surface area contributed by atoms with Crippen LogP contribution < -0.4 is 10.6 Å². The number of rotatable bonds is 7. The van der Waals surface area contributed by atoms with Gasteiger partial charge in [0.15, 0.2) is 0 Å². The fourth-order valence-electron chi connectivity index (χ4n) is 1.54. The molecule has 1 rings (SSSR count). The molecule has 1 aromatic rings. The first-order valence-electron chi connectivity index (χ1n) is 6.67. The monoisotopic (exact) mass is 320 g/mol. The van der Waals surface area contributed by atoms with Gasteiger partial charge in [-0.15, -0.1) is 0 Å². The predicted octanol–water partition coefficient (Wildman–Crippen LogP) is 1.95. The Labute approximate surface area is 126 Å². The average Bonchev–Trinajstić information content (AvgIpc) is 2.45. The SMILES string of the molecule is CC(CO)NC(=O)NCc1ccc(COCC(F)(F)F)cc1. The summed E-state index contributed by atoms with van der Waals surface area (Å²) in [5.41, 5.74) is 1.41. The molecule has 0 fully saturated rings. The zero-order chi connectivity index (χ0) is 16.6. The highest BCUT2D eigenvalue weighted by molar-refractivity contribution is 5.74. The minimum absolute atomic E-state index is 0.123. The highest BCUT2D eigenvalue weighted by atomic mass is 19.4. The molecular formula is C14H19F3N2O3. The maximum Gasteiger partial charge on any atom is 0.411 e. The van der Waals surface area contributed by atoms with Gasteiger partial charge in [-0.05, 0) is 18.1 Å². The van der Waals surface area contributed by atoms with Crippen LogP contribution in [-0.2, 0) is 17.9 Å². The number of hydrogen-bond donors (Lipinski definition) is 3. The van der Waals surface area contributed by atoms with Crippen molar-refractivity contribution in [2.24, 2.45) is 0 Å². The van der Waals surface area contributed by atoms with Crippen molar-refractivity contribution in [3.63, 3.8) is 0 Å². The zero-order valence-corrected chi connectivity index (χ0v) is 12.1. The number of carbonyl (C=O) groups is 1. The van der Waals surface area contributed by atoms with Crippen molar-refractivity contribution in [3.8, 4) is 0 Å². The quantitative estimate of drug-likeness (QED) is 0.719. The average molecular weight is 320 g/mol. The van der Waals surface area contributed by atoms with Crippen LogP contribution in [0.25, 0.3) is 0 Å². The molecule has 0 aliphatic heterocycles. The molecule has 0 radical (unpaired) electrons. The number of benzene rings is 1. The summed E-state index contributed by atoms with van der Waals surface area (Å²) in [5.74, 6) is 0. The van der Waals surface area contributed by atoms with Crippen LogP contribution in [0.4, 0.5) is 18.0 Å². The Morgan fingerprint density at radius 1 is 1.27 bits per heavy atom. The van der Waals surface area contributed by atoms with E-state index < -0.39 is 18.8 Å². The van der Waals surface area contributed by atoms with Crippen molar-refractivity contribution in [2.75, 3.05) is 13.2 Å². The molecule has 3 N–H and O–H groups in total. The topological polar surface area (TPSA) is 70.6 Å². The van der Waals surface area contributed by atoms with Gasteiger partial charge in [-0.25, -0.2) is 4.79 Å². The third-order valence-electron chi connectivity index (χ3n) is 2.66. The van der Waals surface area contributed by atoms with Crippen LogP contribution in [0, 0.1) is 0 Å². The molecule has 0 spiro atoms. The molecule has 2 amide bonds. The normalized spacial score (nSPS) is 12.8. The first-order valence-corrected chi connectivity index (χ1v) is 6.67. The van der Waals surface area contributed by atoms with E-state index in [1.165, 1.54) is 0 Å². The second-order valence-electron chi connectivity index (χ2n) is 4.84. The number of nitrogens with one attached hydrogen (secondary N) is 2. The van der Waals surface area contributed by atoms with E-state index in [1.54, 1.807) is 31.2 Å². The first kappa shape index (κ1) is 18.2. The van der Waals surface area contributed by atoms with Gasteiger partial charge in [0.25, 0.3) is 0 Å². The number of aliphatic hydroxyl groups is 1. The number of alkyl halides is 3. The number of amides is 2. The number of urea groups is 1. The van der Waals surface area contributed by atoms with E-state index in [9.17, 15) is 18.0 Å². The number of halogens is 3. The van der Waals surface area contributed by atoms with Crippen LogP contribution in [0.3, 0.4) is 0 Å². The number of hydrogen-bond acceptors (Lipinski definition) is 3. The van der Waals surface area contributed by atoms with Crippen LogP contribution in [0.15, 0.2) is 24.3 Å². The summed E-state index contributed by atoms with van der Waals surface area (Å²) in [4.78, 5) is 11.4. The molecule has 0 aliphatic rings. The van der Waals surface area contributed by atoms with Gasteiger partial charge in [0, 0.05) is 6.54 Å². The van der Waals surface area contributed by atoms with Crippen molar-refractivity contribution in [1.82, 2.24) is 10.6 Å². The van der Waals surface area contributed by atoms with Crippen molar-refractivity contribution >= 4 is 6.03 Å². The summed E-state index contributed by atoms with van der Waals surface area (Å²) in [6, 6.07) is 5.93. The molecule has 124 valence electrons. The Morgan fingerprint density at radius 3 is 2.41 bits per heavy atom. The van der Waals surface area contributed by atoms with E-state index in [2.05, 4.69) is 15.4 Å². The molecule has 8 heteroatoms. The number of aliphatic hydroxyl groups excluding tert-OH is 1. The van der Waals surface area contributed by atoms with Crippen LogP contribution in [-0.4, -0.2) is 36.6 Å². The molecule has 1 aromatic carbocycles. The lowest BCUT2D eigenvalue weighted by atomic mass is 10.1.